The fraction of sp³-hybridized carbons (Fsp3) is 1.00. The molecule has 0 aromatic carbocycles. The number of aliphatic hydroxyl groups excluding tert-OH is 1. The van der Waals surface area contributed by atoms with Crippen molar-refractivity contribution in [2.75, 3.05) is 13.2 Å². The molecule has 0 saturated carbocycles. The third-order valence-corrected chi connectivity index (χ3v) is 1.75. The fourth-order valence-electron chi connectivity index (χ4n) is 0.820. The van der Waals surface area contributed by atoms with E-state index < -0.39 is 11.7 Å². The summed E-state index contributed by atoms with van der Waals surface area (Å²) in [5.74, 6) is 0. The molecule has 3 heteroatoms. The first kappa shape index (κ1) is 6.99. The molecule has 2 N–H and O–H groups in total. The molecule has 1 fully saturated rings. The molecule has 0 spiro atoms. The summed E-state index contributed by atoms with van der Waals surface area (Å²) in [5, 5.41) is 18.4. The molecule has 1 saturated heterocycles. The molecule has 0 bridgehead atoms. The minimum absolute atomic E-state index is 0.257. The van der Waals surface area contributed by atoms with Crippen LogP contribution >= 0.6 is 0 Å². The van der Waals surface area contributed by atoms with Gasteiger partial charge in [0.15, 0.2) is 0 Å². The van der Waals surface area contributed by atoms with Crippen LogP contribution in [0.1, 0.15) is 13.3 Å². The maximum Gasteiger partial charge on any atom is 0.106 e. The Morgan fingerprint density at radius 2 is 2.33 bits per heavy atom. The van der Waals surface area contributed by atoms with Crippen LogP contribution in [0.15, 0.2) is 0 Å². The largest absolute Gasteiger partial charge is 0.388 e. The smallest absolute Gasteiger partial charge is 0.106 e. The van der Waals surface area contributed by atoms with Crippen molar-refractivity contribution in [2.24, 2.45) is 0 Å². The normalized spacial score (nSPS) is 45.0. The number of hydrogen-bond acceptors (Lipinski definition) is 3. The van der Waals surface area contributed by atoms with Crippen molar-refractivity contribution in [2.45, 2.75) is 25.0 Å². The van der Waals surface area contributed by atoms with Gasteiger partial charge in [-0.05, 0) is 6.92 Å². The fourth-order valence-corrected chi connectivity index (χ4v) is 0.820. The van der Waals surface area contributed by atoms with Gasteiger partial charge in [-0.3, -0.25) is 0 Å². The first-order chi connectivity index (χ1) is 4.13. The van der Waals surface area contributed by atoms with Crippen molar-refractivity contribution in [3.63, 3.8) is 0 Å². The topological polar surface area (TPSA) is 49.7 Å². The Hall–Kier alpha value is -0.120. The van der Waals surface area contributed by atoms with E-state index in [1.165, 1.54) is 0 Å². The van der Waals surface area contributed by atoms with Crippen LogP contribution in [0.2, 0.25) is 0 Å². The van der Waals surface area contributed by atoms with Crippen LogP contribution in [0.4, 0.5) is 0 Å². The summed E-state index contributed by atoms with van der Waals surface area (Å²) in [5.41, 5.74) is -0.932. The summed E-state index contributed by atoms with van der Waals surface area (Å²) in [7, 11) is 0. The molecule has 2 atom stereocenters. The zero-order chi connectivity index (χ0) is 6.91. The first-order valence-corrected chi connectivity index (χ1v) is 3.11. The number of aliphatic hydroxyl groups is 2. The van der Waals surface area contributed by atoms with Crippen LogP contribution in [-0.4, -0.2) is 35.1 Å². The van der Waals surface area contributed by atoms with Crippen molar-refractivity contribution < 1.29 is 14.9 Å². The Labute approximate surface area is 54.3 Å². The third kappa shape index (κ3) is 1.41. The molecule has 0 aromatic heterocycles. The maximum atomic E-state index is 9.31. The van der Waals surface area contributed by atoms with Gasteiger partial charge >= 0.3 is 0 Å². The van der Waals surface area contributed by atoms with Crippen LogP contribution in [0.3, 0.4) is 0 Å². The minimum Gasteiger partial charge on any atom is -0.388 e. The molecular weight excluding hydrogens is 120 g/mol. The molecule has 0 amide bonds. The summed E-state index contributed by atoms with van der Waals surface area (Å²) in [6.45, 7) is 2.43. The lowest BCUT2D eigenvalue weighted by Crippen LogP contribution is -2.46. The second kappa shape index (κ2) is 2.25. The zero-order valence-corrected chi connectivity index (χ0v) is 5.50. The van der Waals surface area contributed by atoms with Crippen molar-refractivity contribution in [3.8, 4) is 0 Å². The van der Waals surface area contributed by atoms with Crippen molar-refractivity contribution in [1.29, 1.82) is 0 Å². The van der Waals surface area contributed by atoms with Crippen LogP contribution < -0.4 is 0 Å². The Bertz CT molecular complexity index is 100. The molecule has 0 radical (unpaired) electrons. The average molecular weight is 132 g/mol. The lowest BCUT2D eigenvalue weighted by Gasteiger charge is -2.32. The monoisotopic (exact) mass is 132 g/mol. The lowest BCUT2D eigenvalue weighted by molar-refractivity contribution is -0.142. The summed E-state index contributed by atoms with van der Waals surface area (Å²) in [4.78, 5) is 0. The van der Waals surface area contributed by atoms with Gasteiger partial charge in [-0.15, -0.1) is 0 Å². The number of hydrogen-bond donors (Lipinski definition) is 2. The zero-order valence-electron chi connectivity index (χ0n) is 5.50. The molecule has 0 aromatic rings. The van der Waals surface area contributed by atoms with Gasteiger partial charge in [0, 0.05) is 13.0 Å². The molecule has 9 heavy (non-hydrogen) atoms. The minimum atomic E-state index is -0.932. The van der Waals surface area contributed by atoms with Gasteiger partial charge in [-0.25, -0.2) is 0 Å². The van der Waals surface area contributed by atoms with E-state index in [-0.39, 0.29) is 6.61 Å². The van der Waals surface area contributed by atoms with Crippen molar-refractivity contribution in [3.05, 3.63) is 0 Å². The Balaban J connectivity index is 2.49. The molecule has 0 unspecified atom stereocenters. The third-order valence-electron chi connectivity index (χ3n) is 1.75. The van der Waals surface area contributed by atoms with E-state index >= 15 is 0 Å². The lowest BCUT2D eigenvalue weighted by atomic mass is 9.94. The van der Waals surface area contributed by atoms with E-state index in [0.717, 1.165) is 0 Å². The molecule has 3 nitrogen and oxygen atoms in total. The van der Waals surface area contributed by atoms with Crippen molar-refractivity contribution in [1.82, 2.24) is 0 Å². The average Bonchev–Trinajstić information content (AvgIpc) is 1.77. The van der Waals surface area contributed by atoms with Crippen LogP contribution in [0, 0.1) is 0 Å². The second-order valence-electron chi connectivity index (χ2n) is 2.70. The maximum absolute atomic E-state index is 9.31. The standard InChI is InChI=1S/C6H12O3/c1-6(8)2-3-9-4-5(6)7/h5,7-8H,2-4H2,1H3/t5-,6+/m1/s1. The highest BCUT2D eigenvalue weighted by atomic mass is 16.5. The van der Waals surface area contributed by atoms with Gasteiger partial charge in [0.2, 0.25) is 0 Å². The summed E-state index contributed by atoms with van der Waals surface area (Å²) in [6, 6.07) is 0. The van der Waals surface area contributed by atoms with Crippen LogP contribution in [-0.2, 0) is 4.74 Å². The predicted molar refractivity (Wildman–Crippen MR) is 32.1 cm³/mol. The van der Waals surface area contributed by atoms with E-state index in [4.69, 9.17) is 9.84 Å². The number of ether oxygens (including phenoxy) is 1. The van der Waals surface area contributed by atoms with Gasteiger partial charge in [0.1, 0.15) is 6.10 Å². The second-order valence-corrected chi connectivity index (χ2v) is 2.70. The van der Waals surface area contributed by atoms with Gasteiger partial charge in [-0.2, -0.15) is 0 Å². The molecular formula is C6H12O3. The van der Waals surface area contributed by atoms with Gasteiger partial charge in [-0.1, -0.05) is 0 Å². The SMILES string of the molecule is C[C@]1(O)CCOC[C@H]1O. The van der Waals surface area contributed by atoms with E-state index in [1.54, 1.807) is 6.92 Å². The van der Waals surface area contributed by atoms with Gasteiger partial charge < -0.3 is 14.9 Å². The summed E-state index contributed by atoms with van der Waals surface area (Å²) in [6.07, 6.45) is -0.194. The van der Waals surface area contributed by atoms with Crippen molar-refractivity contribution >= 4 is 0 Å². The number of rotatable bonds is 0. The van der Waals surface area contributed by atoms with Crippen LogP contribution in [0.5, 0.6) is 0 Å². The van der Waals surface area contributed by atoms with E-state index in [0.29, 0.717) is 13.0 Å². The summed E-state index contributed by atoms with van der Waals surface area (Å²) >= 11 is 0. The van der Waals surface area contributed by atoms with E-state index in [1.807, 2.05) is 0 Å². The molecule has 1 aliphatic rings. The van der Waals surface area contributed by atoms with Gasteiger partial charge in [0.05, 0.1) is 12.2 Å². The molecule has 1 heterocycles. The van der Waals surface area contributed by atoms with E-state index in [9.17, 15) is 5.11 Å². The molecule has 1 aliphatic heterocycles. The Morgan fingerprint density at radius 3 is 2.67 bits per heavy atom. The Kier molecular flexibility index (Phi) is 1.75. The summed E-state index contributed by atoms with van der Waals surface area (Å²) < 4.78 is 4.91. The van der Waals surface area contributed by atoms with Gasteiger partial charge in [0.25, 0.3) is 0 Å². The predicted octanol–water partition coefficient (Wildman–Crippen LogP) is -0.481. The molecule has 1 rings (SSSR count). The Morgan fingerprint density at radius 1 is 1.67 bits per heavy atom. The first-order valence-electron chi connectivity index (χ1n) is 3.11. The molecule has 54 valence electrons. The highest BCUT2D eigenvalue weighted by Gasteiger charge is 2.33. The highest BCUT2D eigenvalue weighted by Crippen LogP contribution is 2.19. The quantitative estimate of drug-likeness (QED) is 0.468. The molecule has 0 aliphatic carbocycles. The van der Waals surface area contributed by atoms with Crippen LogP contribution in [0.25, 0.3) is 0 Å². The van der Waals surface area contributed by atoms with E-state index in [2.05, 4.69) is 0 Å². The highest BCUT2D eigenvalue weighted by molar-refractivity contribution is 4.84.